The fourth-order valence-electron chi connectivity index (χ4n) is 4.30. The topological polar surface area (TPSA) is 32.3 Å². The summed E-state index contributed by atoms with van der Waals surface area (Å²) in [6.45, 7) is 4.86. The second kappa shape index (κ2) is 7.08. The molecule has 1 saturated carbocycles. The van der Waals surface area contributed by atoms with Crippen molar-refractivity contribution in [1.82, 2.24) is 10.2 Å². The van der Waals surface area contributed by atoms with Gasteiger partial charge < -0.3 is 5.32 Å². The van der Waals surface area contributed by atoms with E-state index in [9.17, 15) is 4.79 Å². The smallest absolute Gasteiger partial charge is 0.240 e. The third-order valence-electron chi connectivity index (χ3n) is 6.25. The average molecular weight is 357 g/mol. The van der Waals surface area contributed by atoms with Crippen LogP contribution < -0.4 is 5.32 Å². The van der Waals surface area contributed by atoms with E-state index >= 15 is 0 Å². The van der Waals surface area contributed by atoms with Gasteiger partial charge in [0.25, 0.3) is 0 Å². The molecule has 134 valence electrons. The first-order valence-electron chi connectivity index (χ1n) is 9.65. The molecule has 0 spiro atoms. The minimum absolute atomic E-state index is 0.226. The molecule has 1 atom stereocenters. The molecule has 1 saturated heterocycles. The van der Waals surface area contributed by atoms with Crippen LogP contribution in [0.2, 0.25) is 0 Å². The van der Waals surface area contributed by atoms with Gasteiger partial charge in [0.15, 0.2) is 0 Å². The number of nitrogens with one attached hydrogen (secondary N) is 1. The highest BCUT2D eigenvalue weighted by Crippen LogP contribution is 2.35. The number of benzene rings is 1. The van der Waals surface area contributed by atoms with Gasteiger partial charge in [0, 0.05) is 24.3 Å². The Morgan fingerprint density at radius 1 is 1.28 bits per heavy atom. The number of hydrogen-bond acceptors (Lipinski definition) is 3. The summed E-state index contributed by atoms with van der Waals surface area (Å²) in [4.78, 5) is 15.2. The number of fused-ring (bicyclic) bond motifs is 1. The van der Waals surface area contributed by atoms with Crippen molar-refractivity contribution in [2.24, 2.45) is 5.92 Å². The van der Waals surface area contributed by atoms with E-state index in [2.05, 4.69) is 46.8 Å². The molecule has 3 nitrogen and oxygen atoms in total. The summed E-state index contributed by atoms with van der Waals surface area (Å²) in [6, 6.07) is 8.57. The zero-order valence-corrected chi connectivity index (χ0v) is 15.9. The number of carbonyl (C=O) groups is 1. The van der Waals surface area contributed by atoms with Gasteiger partial charge in [-0.25, -0.2) is 0 Å². The Morgan fingerprint density at radius 2 is 2.08 bits per heavy atom. The highest BCUT2D eigenvalue weighted by atomic mass is 32.1. The van der Waals surface area contributed by atoms with E-state index in [0.29, 0.717) is 5.92 Å². The number of rotatable bonds is 5. The molecule has 1 aromatic carbocycles. The van der Waals surface area contributed by atoms with E-state index in [1.807, 2.05) is 0 Å². The Bertz CT molecular complexity index is 749. The lowest BCUT2D eigenvalue weighted by Crippen LogP contribution is -2.65. The van der Waals surface area contributed by atoms with Gasteiger partial charge in [-0.2, -0.15) is 0 Å². The highest BCUT2D eigenvalue weighted by molar-refractivity contribution is 7.17. The first kappa shape index (κ1) is 17.0. The molecular formula is C21H28N2OS. The Kier molecular flexibility index (Phi) is 4.83. The predicted molar refractivity (Wildman–Crippen MR) is 105 cm³/mol. The molecule has 1 aromatic heterocycles. The summed E-state index contributed by atoms with van der Waals surface area (Å²) in [5.41, 5.74) is 1.02. The van der Waals surface area contributed by atoms with E-state index in [0.717, 1.165) is 26.1 Å². The second-order valence-electron chi connectivity index (χ2n) is 7.92. The third kappa shape index (κ3) is 3.34. The van der Waals surface area contributed by atoms with Crippen molar-refractivity contribution in [1.29, 1.82) is 0 Å². The number of carbonyl (C=O) groups excluding carboxylic acids is 1. The fourth-order valence-corrected chi connectivity index (χ4v) is 5.25. The van der Waals surface area contributed by atoms with Gasteiger partial charge in [0.1, 0.15) is 0 Å². The van der Waals surface area contributed by atoms with Gasteiger partial charge in [0.05, 0.1) is 5.54 Å². The average Bonchev–Trinajstić information content (AvgIpc) is 3.06. The lowest BCUT2D eigenvalue weighted by molar-refractivity contribution is -0.142. The van der Waals surface area contributed by atoms with Crippen LogP contribution in [0.15, 0.2) is 29.6 Å². The molecule has 0 bridgehead atoms. The molecule has 0 radical (unpaired) electrons. The first-order chi connectivity index (χ1) is 12.2. The maximum absolute atomic E-state index is 12.8. The molecule has 2 heterocycles. The standard InChI is InChI=1S/C21H28N2OS/c1-21(20(24)22-13-16-7-3-2-4-8-16)11-12-23(21)14-17-15-25-19-10-6-5-9-18(17)19/h5-6,9-10,15-16H,2-4,7-8,11-14H2,1H3,(H,22,24). The molecule has 4 heteroatoms. The van der Waals surface area contributed by atoms with Crippen LogP contribution in [0.4, 0.5) is 0 Å². The summed E-state index contributed by atoms with van der Waals surface area (Å²) in [6.07, 6.45) is 7.55. The highest BCUT2D eigenvalue weighted by Gasteiger charge is 2.46. The lowest BCUT2D eigenvalue weighted by atomic mass is 9.84. The van der Waals surface area contributed by atoms with Crippen molar-refractivity contribution in [2.75, 3.05) is 13.1 Å². The summed E-state index contributed by atoms with van der Waals surface area (Å²) < 4.78 is 1.33. The van der Waals surface area contributed by atoms with E-state index in [1.54, 1.807) is 11.3 Å². The quantitative estimate of drug-likeness (QED) is 0.851. The van der Waals surface area contributed by atoms with E-state index < -0.39 is 0 Å². The predicted octanol–water partition coefficient (Wildman–Crippen LogP) is 4.56. The number of hydrogen-bond donors (Lipinski definition) is 1. The van der Waals surface area contributed by atoms with Crippen molar-refractivity contribution in [3.8, 4) is 0 Å². The van der Waals surface area contributed by atoms with Gasteiger partial charge >= 0.3 is 0 Å². The molecule has 2 aliphatic rings. The molecular weight excluding hydrogens is 328 g/mol. The molecule has 1 amide bonds. The van der Waals surface area contributed by atoms with Crippen LogP contribution >= 0.6 is 11.3 Å². The molecule has 1 N–H and O–H groups in total. The number of amides is 1. The number of thiophene rings is 1. The van der Waals surface area contributed by atoms with Crippen LogP contribution in [-0.4, -0.2) is 29.4 Å². The second-order valence-corrected chi connectivity index (χ2v) is 8.83. The van der Waals surface area contributed by atoms with E-state index in [-0.39, 0.29) is 11.4 Å². The summed E-state index contributed by atoms with van der Waals surface area (Å²) in [5, 5.41) is 6.85. The molecule has 25 heavy (non-hydrogen) atoms. The minimum Gasteiger partial charge on any atom is -0.354 e. The minimum atomic E-state index is -0.336. The molecule has 1 aliphatic carbocycles. The summed E-state index contributed by atoms with van der Waals surface area (Å²) >= 11 is 1.80. The van der Waals surface area contributed by atoms with Crippen molar-refractivity contribution in [3.05, 3.63) is 35.2 Å². The molecule has 1 unspecified atom stereocenters. The van der Waals surface area contributed by atoms with Crippen LogP contribution in [0.5, 0.6) is 0 Å². The maximum atomic E-state index is 12.8. The van der Waals surface area contributed by atoms with Crippen LogP contribution in [0, 0.1) is 5.92 Å². The first-order valence-corrected chi connectivity index (χ1v) is 10.5. The lowest BCUT2D eigenvalue weighted by Gasteiger charge is -2.49. The van der Waals surface area contributed by atoms with Crippen LogP contribution in [0.3, 0.4) is 0 Å². The fraction of sp³-hybridized carbons (Fsp3) is 0.571. The Balaban J connectivity index is 1.38. The summed E-state index contributed by atoms with van der Waals surface area (Å²) in [7, 11) is 0. The van der Waals surface area contributed by atoms with Crippen LogP contribution in [0.25, 0.3) is 10.1 Å². The Hall–Kier alpha value is -1.39. The Morgan fingerprint density at radius 3 is 2.84 bits per heavy atom. The zero-order chi connectivity index (χ0) is 17.3. The molecule has 2 fully saturated rings. The third-order valence-corrected chi connectivity index (χ3v) is 7.27. The van der Waals surface area contributed by atoms with Gasteiger partial charge in [-0.3, -0.25) is 9.69 Å². The maximum Gasteiger partial charge on any atom is 0.240 e. The van der Waals surface area contributed by atoms with Gasteiger partial charge in [0.2, 0.25) is 5.91 Å². The van der Waals surface area contributed by atoms with Gasteiger partial charge in [-0.1, -0.05) is 37.5 Å². The van der Waals surface area contributed by atoms with Crippen molar-refractivity contribution in [2.45, 2.75) is 57.5 Å². The monoisotopic (exact) mass is 356 g/mol. The molecule has 1 aliphatic heterocycles. The van der Waals surface area contributed by atoms with Crippen molar-refractivity contribution < 1.29 is 4.79 Å². The van der Waals surface area contributed by atoms with Crippen LogP contribution in [-0.2, 0) is 11.3 Å². The van der Waals surface area contributed by atoms with E-state index in [1.165, 1.54) is 47.8 Å². The van der Waals surface area contributed by atoms with Crippen molar-refractivity contribution in [3.63, 3.8) is 0 Å². The Labute approximate surface area is 154 Å². The SMILES string of the molecule is CC1(C(=O)NCC2CCCCC2)CCN1Cc1csc2ccccc12. The van der Waals surface area contributed by atoms with Crippen LogP contribution in [0.1, 0.15) is 51.0 Å². The normalized spacial score (nSPS) is 25.0. The largest absolute Gasteiger partial charge is 0.354 e. The zero-order valence-electron chi connectivity index (χ0n) is 15.1. The molecule has 2 aromatic rings. The number of likely N-dealkylation sites (tertiary alicyclic amines) is 1. The van der Waals surface area contributed by atoms with E-state index in [4.69, 9.17) is 0 Å². The van der Waals surface area contributed by atoms with Crippen molar-refractivity contribution >= 4 is 27.3 Å². The number of nitrogens with zero attached hydrogens (tertiary/aromatic N) is 1. The van der Waals surface area contributed by atoms with Gasteiger partial charge in [-0.05, 0) is 54.5 Å². The van der Waals surface area contributed by atoms with Gasteiger partial charge in [-0.15, -0.1) is 11.3 Å². The molecule has 4 rings (SSSR count). The summed E-state index contributed by atoms with van der Waals surface area (Å²) in [5.74, 6) is 0.916.